The van der Waals surface area contributed by atoms with Crippen LogP contribution in [0.3, 0.4) is 0 Å². The molecule has 0 bridgehead atoms. The number of aromatic amines is 1. The van der Waals surface area contributed by atoms with E-state index in [-0.39, 0.29) is 16.1 Å². The molecule has 136 valence electrons. The minimum Gasteiger partial charge on any atom is -0.284 e. The first-order chi connectivity index (χ1) is 12.4. The number of anilines is 1. The summed E-state index contributed by atoms with van der Waals surface area (Å²) in [6.07, 6.45) is 2.34. The minimum atomic E-state index is -3.92. The fraction of sp³-hybridized carbons (Fsp3) is 0.278. The van der Waals surface area contributed by atoms with Crippen LogP contribution in [0.2, 0.25) is 0 Å². The summed E-state index contributed by atoms with van der Waals surface area (Å²) in [5.41, 5.74) is 1.56. The number of H-pyrrole nitrogens is 1. The van der Waals surface area contributed by atoms with Gasteiger partial charge in [0, 0.05) is 18.3 Å². The summed E-state index contributed by atoms with van der Waals surface area (Å²) in [6, 6.07) is 11.4. The number of benzene rings is 2. The maximum Gasteiger partial charge on any atom is 0.278 e. The van der Waals surface area contributed by atoms with Crippen molar-refractivity contribution < 1.29 is 8.42 Å². The first-order valence-electron chi connectivity index (χ1n) is 8.36. The second-order valence-electron chi connectivity index (χ2n) is 6.73. The number of hydrogen-bond donors (Lipinski definition) is 1. The molecule has 0 radical (unpaired) electrons. The molecule has 26 heavy (non-hydrogen) atoms. The van der Waals surface area contributed by atoms with E-state index in [1.165, 1.54) is 25.0 Å². The van der Waals surface area contributed by atoms with Gasteiger partial charge >= 0.3 is 0 Å². The Morgan fingerprint density at radius 3 is 2.69 bits per heavy atom. The van der Waals surface area contributed by atoms with Crippen molar-refractivity contribution >= 4 is 38.4 Å². The van der Waals surface area contributed by atoms with Crippen molar-refractivity contribution in [2.24, 2.45) is 5.92 Å². The molecule has 1 N–H and O–H groups in total. The Kier molecular flexibility index (Phi) is 4.08. The average molecular weight is 392 g/mol. The van der Waals surface area contributed by atoms with Crippen molar-refractivity contribution in [2.75, 3.05) is 3.82 Å². The lowest BCUT2D eigenvalue weighted by Gasteiger charge is -2.16. The number of sulfonamides is 1. The van der Waals surface area contributed by atoms with Crippen LogP contribution in [0.15, 0.2) is 52.2 Å². The van der Waals surface area contributed by atoms with Crippen LogP contribution in [-0.2, 0) is 16.6 Å². The fourth-order valence-corrected chi connectivity index (χ4v) is 4.51. The number of nitrogens with zero attached hydrogens (tertiary/aromatic N) is 2. The Morgan fingerprint density at radius 2 is 2.00 bits per heavy atom. The third-order valence-electron chi connectivity index (χ3n) is 4.59. The summed E-state index contributed by atoms with van der Waals surface area (Å²) in [7, 11) is -3.92. The molecule has 0 atom stereocenters. The van der Waals surface area contributed by atoms with E-state index < -0.39 is 10.0 Å². The van der Waals surface area contributed by atoms with Gasteiger partial charge in [0.15, 0.2) is 0 Å². The van der Waals surface area contributed by atoms with Crippen LogP contribution in [0.25, 0.3) is 10.9 Å². The molecule has 6 nitrogen and oxygen atoms in total. The zero-order valence-corrected chi connectivity index (χ0v) is 15.7. The van der Waals surface area contributed by atoms with Gasteiger partial charge in [0.2, 0.25) is 0 Å². The van der Waals surface area contributed by atoms with Crippen molar-refractivity contribution in [3.63, 3.8) is 0 Å². The van der Waals surface area contributed by atoms with Crippen LogP contribution in [0, 0.1) is 12.8 Å². The summed E-state index contributed by atoms with van der Waals surface area (Å²) in [6.45, 7) is 2.58. The molecule has 8 heteroatoms. The average Bonchev–Trinajstić information content (AvgIpc) is 3.38. The van der Waals surface area contributed by atoms with Crippen LogP contribution in [-0.4, -0.2) is 18.2 Å². The largest absolute Gasteiger partial charge is 0.284 e. The predicted octanol–water partition coefficient (Wildman–Crippen LogP) is 3.40. The molecule has 1 saturated carbocycles. The molecule has 1 fully saturated rings. The molecule has 0 spiro atoms. The quantitative estimate of drug-likeness (QED) is 0.677. The highest BCUT2D eigenvalue weighted by Crippen LogP contribution is 2.32. The second kappa shape index (κ2) is 6.17. The molecule has 0 unspecified atom stereocenters. The Labute approximate surface area is 156 Å². The fourth-order valence-electron chi connectivity index (χ4n) is 3.00. The highest BCUT2D eigenvalue weighted by atomic mass is 35.5. The van der Waals surface area contributed by atoms with Crippen molar-refractivity contribution in [2.45, 2.75) is 31.2 Å². The minimum absolute atomic E-state index is 0.104. The molecule has 3 aromatic rings. The van der Waals surface area contributed by atoms with E-state index in [2.05, 4.69) is 5.10 Å². The molecule has 1 aliphatic carbocycles. The summed E-state index contributed by atoms with van der Waals surface area (Å²) in [5, 5.41) is 3.24. The molecule has 0 amide bonds. The summed E-state index contributed by atoms with van der Waals surface area (Å²) in [4.78, 5) is 12.4. The number of rotatable bonds is 5. The van der Waals surface area contributed by atoms with Gasteiger partial charge in [-0.3, -0.25) is 14.6 Å². The maximum absolute atomic E-state index is 12.8. The smallest absolute Gasteiger partial charge is 0.278 e. The third-order valence-corrected chi connectivity index (χ3v) is 6.81. The molecular weight excluding hydrogens is 374 g/mol. The highest BCUT2D eigenvalue weighted by Gasteiger charge is 2.26. The lowest BCUT2D eigenvalue weighted by molar-refractivity contribution is 0.576. The molecule has 2 aromatic carbocycles. The number of nitrogens with one attached hydrogen (secondary N) is 1. The molecule has 1 aliphatic rings. The number of aryl methyl sites for hydroxylation is 1. The number of halogens is 1. The van der Waals surface area contributed by atoms with Gasteiger partial charge in [0.1, 0.15) is 0 Å². The Hall–Kier alpha value is -2.25. The first-order valence-corrected chi connectivity index (χ1v) is 10.1. The normalized spacial score (nSPS) is 14.7. The van der Waals surface area contributed by atoms with Gasteiger partial charge in [-0.15, -0.1) is 0 Å². The second-order valence-corrected chi connectivity index (χ2v) is 9.06. The van der Waals surface area contributed by atoms with Crippen LogP contribution >= 0.6 is 11.8 Å². The van der Waals surface area contributed by atoms with Gasteiger partial charge in [-0.2, -0.15) is 12.2 Å². The van der Waals surface area contributed by atoms with E-state index in [9.17, 15) is 13.2 Å². The first kappa shape index (κ1) is 17.2. The third kappa shape index (κ3) is 3.01. The zero-order chi connectivity index (χ0) is 18.5. The van der Waals surface area contributed by atoms with Crippen LogP contribution in [0.1, 0.15) is 18.4 Å². The van der Waals surface area contributed by atoms with E-state index in [0.29, 0.717) is 15.1 Å². The summed E-state index contributed by atoms with van der Waals surface area (Å²) in [5.74, 6) is 0.604. The SMILES string of the molecule is Cc1cccc(S(=O)(=O)N(Cl)c2ccc3c(c2)c(=O)[nH]n3CC2CC2)c1. The van der Waals surface area contributed by atoms with Crippen LogP contribution in [0.5, 0.6) is 0 Å². The van der Waals surface area contributed by atoms with Gasteiger partial charge in [0.05, 0.1) is 21.5 Å². The summed E-state index contributed by atoms with van der Waals surface area (Å²) < 4.78 is 28.1. The number of hydrogen-bond acceptors (Lipinski definition) is 3. The van der Waals surface area contributed by atoms with Crippen molar-refractivity contribution in [3.8, 4) is 0 Å². The van der Waals surface area contributed by atoms with E-state index in [1.54, 1.807) is 24.3 Å². The van der Waals surface area contributed by atoms with Crippen LogP contribution in [0.4, 0.5) is 5.69 Å². The van der Waals surface area contributed by atoms with Crippen molar-refractivity contribution in [1.29, 1.82) is 0 Å². The van der Waals surface area contributed by atoms with E-state index in [4.69, 9.17) is 11.8 Å². The number of aromatic nitrogens is 2. The van der Waals surface area contributed by atoms with Gasteiger partial charge in [-0.25, -0.2) is 0 Å². The standard InChI is InChI=1S/C18H18ClN3O3S/c1-12-3-2-4-15(9-12)26(24,25)22(19)14-7-8-17-16(10-14)18(23)20-21(17)11-13-5-6-13/h2-4,7-10,13H,5-6,11H2,1H3,(H,20,23). The molecular formula is C18H18ClN3O3S. The van der Waals surface area contributed by atoms with Crippen molar-refractivity contribution in [1.82, 2.24) is 9.78 Å². The highest BCUT2D eigenvalue weighted by molar-refractivity contribution is 7.94. The van der Waals surface area contributed by atoms with Gasteiger partial charge < -0.3 is 0 Å². The van der Waals surface area contributed by atoms with Crippen molar-refractivity contribution in [3.05, 3.63) is 58.4 Å². The van der Waals surface area contributed by atoms with E-state index >= 15 is 0 Å². The molecule has 0 aliphatic heterocycles. The predicted molar refractivity (Wildman–Crippen MR) is 102 cm³/mol. The lowest BCUT2D eigenvalue weighted by atomic mass is 10.2. The Morgan fingerprint density at radius 1 is 1.23 bits per heavy atom. The van der Waals surface area contributed by atoms with Crippen LogP contribution < -0.4 is 9.38 Å². The Bertz CT molecular complexity index is 1150. The molecule has 1 aromatic heterocycles. The number of fused-ring (bicyclic) bond motifs is 1. The van der Waals surface area contributed by atoms with E-state index in [0.717, 1.165) is 17.6 Å². The van der Waals surface area contributed by atoms with E-state index in [1.807, 2.05) is 17.7 Å². The maximum atomic E-state index is 12.8. The topological polar surface area (TPSA) is 75.2 Å². The summed E-state index contributed by atoms with van der Waals surface area (Å²) >= 11 is 6.16. The monoisotopic (exact) mass is 391 g/mol. The van der Waals surface area contributed by atoms with Gasteiger partial charge in [0.25, 0.3) is 15.6 Å². The molecule has 0 saturated heterocycles. The Balaban J connectivity index is 1.74. The molecule has 1 heterocycles. The van der Waals surface area contributed by atoms with Gasteiger partial charge in [-0.1, -0.05) is 12.1 Å². The lowest BCUT2D eigenvalue weighted by Crippen LogP contribution is -2.21. The zero-order valence-electron chi connectivity index (χ0n) is 14.1. The molecule has 4 rings (SSSR count). The van der Waals surface area contributed by atoms with Gasteiger partial charge in [-0.05, 0) is 61.6 Å².